The third-order valence-corrected chi connectivity index (χ3v) is 8.02. The number of hydrogen-bond donors (Lipinski definition) is 2. The number of aromatic nitrogens is 4. The molecular weight excluding hydrogens is 582 g/mol. The number of ether oxygens (including phenoxy) is 1. The molecule has 236 valence electrons. The summed E-state index contributed by atoms with van der Waals surface area (Å²) in [7, 11) is 0. The van der Waals surface area contributed by atoms with E-state index in [2.05, 4.69) is 43.7 Å². The first-order valence-corrected chi connectivity index (χ1v) is 15.3. The van der Waals surface area contributed by atoms with E-state index < -0.39 is 5.60 Å². The zero-order valence-corrected chi connectivity index (χ0v) is 26.7. The van der Waals surface area contributed by atoms with E-state index in [-0.39, 0.29) is 12.0 Å². The third kappa shape index (κ3) is 6.35. The number of pyridine rings is 2. The number of anilines is 4. The molecule has 6 rings (SSSR count). The van der Waals surface area contributed by atoms with Crippen molar-refractivity contribution in [3.8, 4) is 17.5 Å². The molecule has 0 bridgehead atoms. The van der Waals surface area contributed by atoms with Gasteiger partial charge in [-0.05, 0) is 88.6 Å². The molecular formula is C34H37N9O3. The molecule has 0 saturated carbocycles. The van der Waals surface area contributed by atoms with E-state index in [1.165, 1.54) is 6.20 Å². The maximum atomic E-state index is 12.9. The molecule has 0 radical (unpaired) electrons. The van der Waals surface area contributed by atoms with E-state index in [1.807, 2.05) is 57.5 Å². The number of fused-ring (bicyclic) bond motifs is 2. The molecule has 4 aromatic rings. The van der Waals surface area contributed by atoms with Gasteiger partial charge in [0.15, 0.2) is 0 Å². The van der Waals surface area contributed by atoms with Crippen LogP contribution in [0.15, 0.2) is 48.7 Å². The van der Waals surface area contributed by atoms with Gasteiger partial charge in [-0.25, -0.2) is 14.5 Å². The topological polar surface area (TPSA) is 141 Å². The van der Waals surface area contributed by atoms with Crippen LogP contribution in [-0.4, -0.2) is 68.4 Å². The van der Waals surface area contributed by atoms with Crippen molar-refractivity contribution >= 4 is 35.0 Å². The minimum atomic E-state index is -0.517. The first kappa shape index (κ1) is 30.6. The largest absolute Gasteiger partial charge is 0.444 e. The summed E-state index contributed by atoms with van der Waals surface area (Å²) < 4.78 is 7.35. The highest BCUT2D eigenvalue weighted by molar-refractivity contribution is 6.04. The highest BCUT2D eigenvalue weighted by atomic mass is 16.6. The number of hydrogen-bond acceptors (Lipinski definition) is 9. The van der Waals surface area contributed by atoms with Gasteiger partial charge in [-0.15, -0.1) is 0 Å². The SMILES string of the molecule is Cc1cccc(NC(=O)c2cnc(-c3nn4c(c3C#N)Nc3ccc(N5CCN(C(=O)OC(C)(C)C)CC5)cc3CC4)cc2C)n1. The van der Waals surface area contributed by atoms with Crippen molar-refractivity contribution in [2.45, 2.75) is 53.2 Å². The fourth-order valence-electron chi connectivity index (χ4n) is 5.69. The van der Waals surface area contributed by atoms with E-state index in [9.17, 15) is 14.9 Å². The molecule has 1 fully saturated rings. The van der Waals surface area contributed by atoms with Gasteiger partial charge in [0, 0.05) is 56.0 Å². The molecule has 0 atom stereocenters. The van der Waals surface area contributed by atoms with Crippen LogP contribution in [0, 0.1) is 25.2 Å². The number of rotatable bonds is 4. The van der Waals surface area contributed by atoms with Gasteiger partial charge in [0.2, 0.25) is 0 Å². The van der Waals surface area contributed by atoms with Crippen LogP contribution in [-0.2, 0) is 17.7 Å². The van der Waals surface area contributed by atoms with E-state index in [0.29, 0.717) is 78.9 Å². The van der Waals surface area contributed by atoms with E-state index in [4.69, 9.17) is 9.84 Å². The van der Waals surface area contributed by atoms with Crippen molar-refractivity contribution in [3.63, 3.8) is 0 Å². The first-order chi connectivity index (χ1) is 22.0. The summed E-state index contributed by atoms with van der Waals surface area (Å²) in [6.45, 7) is 12.5. The van der Waals surface area contributed by atoms with Crippen LogP contribution < -0.4 is 15.5 Å². The number of amides is 2. The molecule has 0 spiro atoms. The molecule has 0 unspecified atom stereocenters. The van der Waals surface area contributed by atoms with Crippen LogP contribution in [0.1, 0.15) is 53.5 Å². The van der Waals surface area contributed by atoms with Crippen LogP contribution in [0.3, 0.4) is 0 Å². The van der Waals surface area contributed by atoms with Crippen LogP contribution in [0.4, 0.5) is 27.8 Å². The Balaban J connectivity index is 1.17. The number of nitrogens with one attached hydrogen (secondary N) is 2. The molecule has 3 aromatic heterocycles. The lowest BCUT2D eigenvalue weighted by molar-refractivity contribution is 0.0240. The molecule has 12 nitrogen and oxygen atoms in total. The number of aryl methyl sites for hydroxylation is 4. The molecule has 2 amide bonds. The summed E-state index contributed by atoms with van der Waals surface area (Å²) in [5, 5.41) is 21.3. The molecule has 5 heterocycles. The van der Waals surface area contributed by atoms with Crippen LogP contribution >= 0.6 is 0 Å². The second kappa shape index (κ2) is 12.2. The number of piperazine rings is 1. The van der Waals surface area contributed by atoms with Crippen LogP contribution in [0.5, 0.6) is 0 Å². The average Bonchev–Trinajstić information content (AvgIpc) is 3.26. The van der Waals surface area contributed by atoms with Gasteiger partial charge >= 0.3 is 6.09 Å². The van der Waals surface area contributed by atoms with Gasteiger partial charge < -0.3 is 25.2 Å². The lowest BCUT2D eigenvalue weighted by Gasteiger charge is -2.37. The molecule has 2 aliphatic heterocycles. The minimum absolute atomic E-state index is 0.275. The Morgan fingerprint density at radius 3 is 2.52 bits per heavy atom. The summed E-state index contributed by atoms with van der Waals surface area (Å²) in [6.07, 6.45) is 1.95. The second-order valence-corrected chi connectivity index (χ2v) is 12.6. The van der Waals surface area contributed by atoms with Gasteiger partial charge in [0.1, 0.15) is 34.6 Å². The number of nitrogens with zero attached hydrogens (tertiary/aromatic N) is 7. The van der Waals surface area contributed by atoms with Gasteiger partial charge in [-0.2, -0.15) is 10.4 Å². The van der Waals surface area contributed by atoms with Gasteiger partial charge in [-0.3, -0.25) is 9.78 Å². The predicted octanol–water partition coefficient (Wildman–Crippen LogP) is 5.44. The predicted molar refractivity (Wildman–Crippen MR) is 175 cm³/mol. The second-order valence-electron chi connectivity index (χ2n) is 12.6. The van der Waals surface area contributed by atoms with Gasteiger partial charge in [0.25, 0.3) is 5.91 Å². The Labute approximate surface area is 268 Å². The molecule has 2 aliphatic rings. The molecule has 46 heavy (non-hydrogen) atoms. The summed E-state index contributed by atoms with van der Waals surface area (Å²) >= 11 is 0. The lowest BCUT2D eigenvalue weighted by atomic mass is 10.1. The summed E-state index contributed by atoms with van der Waals surface area (Å²) in [5.41, 5.74) is 5.91. The Morgan fingerprint density at radius 1 is 1.04 bits per heavy atom. The fourth-order valence-corrected chi connectivity index (χ4v) is 5.69. The Bertz CT molecular complexity index is 1860. The van der Waals surface area contributed by atoms with E-state index in [0.717, 1.165) is 22.6 Å². The monoisotopic (exact) mass is 619 g/mol. The van der Waals surface area contributed by atoms with Crippen molar-refractivity contribution in [1.82, 2.24) is 24.6 Å². The summed E-state index contributed by atoms with van der Waals surface area (Å²) in [4.78, 5) is 38.3. The smallest absolute Gasteiger partial charge is 0.410 e. The normalized spacial score (nSPS) is 14.3. The molecule has 0 aliphatic carbocycles. The Hall–Kier alpha value is -5.44. The summed E-state index contributed by atoms with van der Waals surface area (Å²) in [5.74, 6) is 0.775. The quantitative estimate of drug-likeness (QED) is 0.306. The Kier molecular flexibility index (Phi) is 8.08. The van der Waals surface area contributed by atoms with E-state index >= 15 is 0 Å². The van der Waals surface area contributed by atoms with Crippen LogP contribution in [0.25, 0.3) is 11.4 Å². The van der Waals surface area contributed by atoms with Gasteiger partial charge in [0.05, 0.1) is 11.3 Å². The Morgan fingerprint density at radius 2 is 1.83 bits per heavy atom. The van der Waals surface area contributed by atoms with Gasteiger partial charge in [-0.1, -0.05) is 6.07 Å². The lowest BCUT2D eigenvalue weighted by Crippen LogP contribution is -2.50. The number of carbonyl (C=O) groups is 2. The summed E-state index contributed by atoms with van der Waals surface area (Å²) in [6, 6.07) is 15.8. The highest BCUT2D eigenvalue weighted by Crippen LogP contribution is 2.35. The zero-order valence-electron chi connectivity index (χ0n) is 26.7. The fraction of sp³-hybridized carbons (Fsp3) is 0.353. The maximum Gasteiger partial charge on any atom is 0.410 e. The first-order valence-electron chi connectivity index (χ1n) is 15.3. The molecule has 12 heteroatoms. The van der Waals surface area contributed by atoms with Crippen molar-refractivity contribution in [3.05, 3.63) is 76.6 Å². The number of carbonyl (C=O) groups excluding carboxylic acids is 2. The van der Waals surface area contributed by atoms with Crippen LogP contribution in [0.2, 0.25) is 0 Å². The minimum Gasteiger partial charge on any atom is -0.444 e. The van der Waals surface area contributed by atoms with Crippen molar-refractivity contribution in [1.29, 1.82) is 5.26 Å². The zero-order chi connectivity index (χ0) is 32.6. The molecule has 1 saturated heterocycles. The van der Waals surface area contributed by atoms with Crippen molar-refractivity contribution < 1.29 is 14.3 Å². The third-order valence-electron chi connectivity index (χ3n) is 8.02. The highest BCUT2D eigenvalue weighted by Gasteiger charge is 2.28. The molecule has 1 aromatic carbocycles. The standard InChI is InChI=1S/C34H37N9O3/c1-21-17-28(36-20-26(21)32(44)39-29-8-6-7-22(2)37-29)30-25(19-35)31-38-27-10-9-24(18-23(27)11-12-43(31)40-30)41-13-15-42(16-14-41)33(45)46-34(3,4)5/h6-10,17-18,20,38H,11-16H2,1-5H3,(H,37,39,44). The van der Waals surface area contributed by atoms with Crippen molar-refractivity contribution in [2.24, 2.45) is 0 Å². The molecule has 2 N–H and O–H groups in total. The van der Waals surface area contributed by atoms with Crippen molar-refractivity contribution in [2.75, 3.05) is 41.7 Å². The average molecular weight is 620 g/mol. The maximum absolute atomic E-state index is 12.9. The van der Waals surface area contributed by atoms with E-state index in [1.54, 1.807) is 17.0 Å². The number of benzene rings is 1. The number of nitriles is 1.